The smallest absolute Gasteiger partial charge is 0.255 e. The topological polar surface area (TPSA) is 97.1 Å². The number of nitrogens with two attached hydrogens (primary N) is 1. The van der Waals surface area contributed by atoms with E-state index in [1.807, 2.05) is 0 Å². The molecular formula is C12H15FN4O2. The van der Waals surface area contributed by atoms with Crippen LogP contribution in [0.5, 0.6) is 0 Å². The van der Waals surface area contributed by atoms with Crippen molar-refractivity contribution < 1.29 is 14.0 Å². The second-order valence-electron chi connectivity index (χ2n) is 4.54. The molecule has 4 N–H and O–H groups in total. The molecule has 2 amide bonds. The predicted octanol–water partition coefficient (Wildman–Crippen LogP) is 0.200. The fourth-order valence-corrected chi connectivity index (χ4v) is 1.53. The van der Waals surface area contributed by atoms with Crippen molar-refractivity contribution in [2.24, 2.45) is 0 Å². The summed E-state index contributed by atoms with van der Waals surface area (Å²) in [7, 11) is 0. The predicted molar refractivity (Wildman–Crippen MR) is 66.7 cm³/mol. The van der Waals surface area contributed by atoms with Gasteiger partial charge in [0.2, 0.25) is 5.91 Å². The van der Waals surface area contributed by atoms with E-state index in [1.54, 1.807) is 0 Å². The zero-order valence-corrected chi connectivity index (χ0v) is 10.4. The van der Waals surface area contributed by atoms with Crippen molar-refractivity contribution in [2.45, 2.75) is 31.8 Å². The van der Waals surface area contributed by atoms with Crippen LogP contribution < -0.4 is 16.4 Å². The van der Waals surface area contributed by atoms with Crippen molar-refractivity contribution in [3.05, 3.63) is 23.6 Å². The molecule has 7 heteroatoms. The summed E-state index contributed by atoms with van der Waals surface area (Å²) in [4.78, 5) is 27.0. The fourth-order valence-electron chi connectivity index (χ4n) is 1.53. The average Bonchev–Trinajstić information content (AvgIpc) is 3.16. The van der Waals surface area contributed by atoms with Gasteiger partial charge >= 0.3 is 0 Å². The van der Waals surface area contributed by atoms with E-state index in [9.17, 15) is 14.0 Å². The Morgan fingerprint density at radius 2 is 2.21 bits per heavy atom. The highest BCUT2D eigenvalue weighted by molar-refractivity contribution is 5.98. The van der Waals surface area contributed by atoms with Crippen molar-refractivity contribution >= 4 is 17.6 Å². The molecule has 0 radical (unpaired) electrons. The van der Waals surface area contributed by atoms with E-state index >= 15 is 0 Å². The van der Waals surface area contributed by atoms with Crippen molar-refractivity contribution in [3.63, 3.8) is 0 Å². The minimum atomic E-state index is -0.880. The Labute approximate surface area is 109 Å². The standard InChI is InChI=1S/C12H15FN4O2/c1-6(11(18)17-7-2-3-7)16-12(19)8-4-5-15-10(14)9(8)13/h4-7H,2-3H2,1H3,(H2,14,15)(H,16,19)(H,17,18). The maximum atomic E-state index is 13.6. The molecule has 102 valence electrons. The second-order valence-corrected chi connectivity index (χ2v) is 4.54. The number of halogens is 1. The lowest BCUT2D eigenvalue weighted by atomic mass is 10.2. The Balaban J connectivity index is 1.99. The number of rotatable bonds is 4. The first kappa shape index (κ1) is 13.3. The molecule has 1 unspecified atom stereocenters. The summed E-state index contributed by atoms with van der Waals surface area (Å²) in [6.07, 6.45) is 3.16. The summed E-state index contributed by atoms with van der Waals surface area (Å²) in [5.41, 5.74) is 5.05. The van der Waals surface area contributed by atoms with Gasteiger partial charge in [0, 0.05) is 12.2 Å². The Kier molecular flexibility index (Phi) is 3.64. The van der Waals surface area contributed by atoms with Gasteiger partial charge in [0.1, 0.15) is 6.04 Å². The maximum absolute atomic E-state index is 13.6. The molecule has 1 aliphatic rings. The van der Waals surface area contributed by atoms with Crippen LogP contribution in [0.2, 0.25) is 0 Å². The number of nitrogens with one attached hydrogen (secondary N) is 2. The van der Waals surface area contributed by atoms with Gasteiger partial charge in [-0.05, 0) is 25.8 Å². The largest absolute Gasteiger partial charge is 0.381 e. The molecule has 6 nitrogen and oxygen atoms in total. The first-order chi connectivity index (χ1) is 8.99. The van der Waals surface area contributed by atoms with Crippen LogP contribution >= 0.6 is 0 Å². The van der Waals surface area contributed by atoms with E-state index in [-0.39, 0.29) is 23.3 Å². The van der Waals surface area contributed by atoms with Crippen molar-refractivity contribution in [3.8, 4) is 0 Å². The third-order valence-electron chi connectivity index (χ3n) is 2.83. The number of pyridine rings is 1. The highest BCUT2D eigenvalue weighted by Crippen LogP contribution is 2.18. The zero-order valence-electron chi connectivity index (χ0n) is 10.4. The number of hydrogen-bond acceptors (Lipinski definition) is 4. The van der Waals surface area contributed by atoms with Crippen molar-refractivity contribution in [1.82, 2.24) is 15.6 Å². The molecule has 1 atom stereocenters. The number of carbonyl (C=O) groups is 2. The number of hydrogen-bond donors (Lipinski definition) is 3. The number of anilines is 1. The van der Waals surface area contributed by atoms with Gasteiger partial charge in [-0.1, -0.05) is 0 Å². The molecule has 0 aliphatic heterocycles. The zero-order chi connectivity index (χ0) is 14.0. The number of aromatic nitrogens is 1. The van der Waals surface area contributed by atoms with Gasteiger partial charge in [0.05, 0.1) is 5.56 Å². The summed E-state index contributed by atoms with van der Waals surface area (Å²) in [6, 6.07) is 0.689. The molecule has 0 spiro atoms. The third kappa shape index (κ3) is 3.18. The van der Waals surface area contributed by atoms with Crippen molar-refractivity contribution in [2.75, 3.05) is 5.73 Å². The first-order valence-corrected chi connectivity index (χ1v) is 6.00. The van der Waals surface area contributed by atoms with Gasteiger partial charge in [-0.25, -0.2) is 9.37 Å². The fraction of sp³-hybridized carbons (Fsp3) is 0.417. The third-order valence-corrected chi connectivity index (χ3v) is 2.83. The molecule has 1 heterocycles. The maximum Gasteiger partial charge on any atom is 0.255 e. The van der Waals surface area contributed by atoms with Gasteiger partial charge in [0.15, 0.2) is 11.6 Å². The SMILES string of the molecule is CC(NC(=O)c1ccnc(N)c1F)C(=O)NC1CC1. The van der Waals surface area contributed by atoms with Crippen LogP contribution in [0.15, 0.2) is 12.3 Å². The van der Waals surface area contributed by atoms with Crippen LogP contribution in [0.4, 0.5) is 10.2 Å². The lowest BCUT2D eigenvalue weighted by Crippen LogP contribution is -2.45. The number of nitrogen functional groups attached to an aromatic ring is 1. The highest BCUT2D eigenvalue weighted by Gasteiger charge is 2.26. The van der Waals surface area contributed by atoms with E-state index < -0.39 is 17.8 Å². The van der Waals surface area contributed by atoms with Gasteiger partial charge in [-0.3, -0.25) is 9.59 Å². The van der Waals surface area contributed by atoms with E-state index in [0.29, 0.717) is 0 Å². The van der Waals surface area contributed by atoms with Crippen molar-refractivity contribution in [1.29, 1.82) is 0 Å². The van der Waals surface area contributed by atoms with Gasteiger partial charge < -0.3 is 16.4 Å². The Morgan fingerprint density at radius 3 is 2.84 bits per heavy atom. The summed E-state index contributed by atoms with van der Waals surface area (Å²) in [5.74, 6) is -2.19. The molecule has 19 heavy (non-hydrogen) atoms. The summed E-state index contributed by atoms with van der Waals surface area (Å²) < 4.78 is 13.6. The number of carbonyl (C=O) groups excluding carboxylic acids is 2. The van der Waals surface area contributed by atoms with Crippen LogP contribution in [0.1, 0.15) is 30.1 Å². The summed E-state index contributed by atoms with van der Waals surface area (Å²) in [6.45, 7) is 1.54. The number of nitrogens with zero attached hydrogens (tertiary/aromatic N) is 1. The van der Waals surface area contributed by atoms with Gasteiger partial charge in [-0.2, -0.15) is 0 Å². The van der Waals surface area contributed by atoms with E-state index in [2.05, 4.69) is 15.6 Å². The molecule has 0 bridgehead atoms. The average molecular weight is 266 g/mol. The molecule has 0 aromatic carbocycles. The minimum Gasteiger partial charge on any atom is -0.381 e. The van der Waals surface area contributed by atoms with E-state index in [0.717, 1.165) is 12.8 Å². The van der Waals surface area contributed by atoms with Crippen LogP contribution in [-0.2, 0) is 4.79 Å². The Morgan fingerprint density at radius 1 is 1.53 bits per heavy atom. The molecule has 1 saturated carbocycles. The van der Waals surface area contributed by atoms with Crippen LogP contribution in [0.3, 0.4) is 0 Å². The van der Waals surface area contributed by atoms with Crippen LogP contribution in [0.25, 0.3) is 0 Å². The van der Waals surface area contributed by atoms with Gasteiger partial charge in [0.25, 0.3) is 5.91 Å². The lowest BCUT2D eigenvalue weighted by molar-refractivity contribution is -0.122. The molecule has 0 saturated heterocycles. The Bertz CT molecular complexity index is 516. The van der Waals surface area contributed by atoms with Crippen LogP contribution in [0, 0.1) is 5.82 Å². The quantitative estimate of drug-likeness (QED) is 0.725. The Hall–Kier alpha value is -2.18. The highest BCUT2D eigenvalue weighted by atomic mass is 19.1. The first-order valence-electron chi connectivity index (χ1n) is 6.00. The van der Waals surface area contributed by atoms with E-state index in [1.165, 1.54) is 19.2 Å². The lowest BCUT2D eigenvalue weighted by Gasteiger charge is -2.14. The van der Waals surface area contributed by atoms with E-state index in [4.69, 9.17) is 5.73 Å². The molecule has 2 rings (SSSR count). The molecule has 1 aromatic heterocycles. The normalized spacial score (nSPS) is 15.7. The monoisotopic (exact) mass is 266 g/mol. The molecular weight excluding hydrogens is 251 g/mol. The number of amides is 2. The van der Waals surface area contributed by atoms with Crippen LogP contribution in [-0.4, -0.2) is 28.9 Å². The molecule has 1 fully saturated rings. The van der Waals surface area contributed by atoms with Gasteiger partial charge in [-0.15, -0.1) is 0 Å². The summed E-state index contributed by atoms with van der Waals surface area (Å²) >= 11 is 0. The minimum absolute atomic E-state index is 0.208. The summed E-state index contributed by atoms with van der Waals surface area (Å²) in [5, 5.41) is 5.17. The molecule has 1 aliphatic carbocycles. The second kappa shape index (κ2) is 5.21. The molecule has 1 aromatic rings.